The van der Waals surface area contributed by atoms with Crippen molar-refractivity contribution in [1.29, 1.82) is 0 Å². The molecule has 2 heterocycles. The van der Waals surface area contributed by atoms with Gasteiger partial charge in [0.15, 0.2) is 0 Å². The van der Waals surface area contributed by atoms with Crippen LogP contribution < -0.4 is 0 Å². The van der Waals surface area contributed by atoms with Gasteiger partial charge in [-0.15, -0.1) is 0 Å². The van der Waals surface area contributed by atoms with Gasteiger partial charge in [0, 0.05) is 49.1 Å². The number of nitrogens with zero attached hydrogens (tertiary/aromatic N) is 2. The average Bonchev–Trinajstić information content (AvgIpc) is 3.20. The van der Waals surface area contributed by atoms with E-state index < -0.39 is 25.4 Å². The molecule has 0 radical (unpaired) electrons. The lowest BCUT2D eigenvalue weighted by Gasteiger charge is -2.39. The zero-order chi connectivity index (χ0) is 24.8. The molecule has 35 heavy (non-hydrogen) atoms. The zero-order valence-corrected chi connectivity index (χ0v) is 21.3. The van der Waals surface area contributed by atoms with Crippen LogP contribution in [0, 0.1) is 5.92 Å². The van der Waals surface area contributed by atoms with Crippen molar-refractivity contribution in [2.24, 2.45) is 5.92 Å². The number of ether oxygens (including phenoxy) is 1. The Bertz CT molecular complexity index is 1030. The second-order valence-electron chi connectivity index (χ2n) is 10.2. The summed E-state index contributed by atoms with van der Waals surface area (Å²) in [5.74, 6) is -0.816. The zero-order valence-electron chi connectivity index (χ0n) is 21.3. The molecule has 2 aliphatic rings. The summed E-state index contributed by atoms with van der Waals surface area (Å²) >= 11 is 0. The normalized spacial score (nSPS) is 19.7. The first-order valence-electron chi connectivity index (χ1n) is 13.4. The maximum Gasteiger partial charge on any atom is 0.314 e. The van der Waals surface area contributed by atoms with Gasteiger partial charge >= 0.3 is 5.97 Å². The summed E-state index contributed by atoms with van der Waals surface area (Å²) in [7, 11) is 2.05. The molecule has 1 aromatic carbocycles. The van der Waals surface area contributed by atoms with Crippen LogP contribution in [0.25, 0.3) is 16.5 Å². The fourth-order valence-electron chi connectivity index (χ4n) is 5.78. The second-order valence-corrected chi connectivity index (χ2v) is 10.2. The van der Waals surface area contributed by atoms with Gasteiger partial charge in [-0.3, -0.25) is 18.5 Å². The molecule has 0 saturated carbocycles. The highest BCUT2D eigenvalue weighted by molar-refractivity contribution is 5.99. The highest BCUT2D eigenvalue weighted by Gasteiger charge is 2.37. The van der Waals surface area contributed by atoms with Crippen molar-refractivity contribution < 1.29 is 18.3 Å². The third-order valence-corrected chi connectivity index (χ3v) is 7.67. The summed E-state index contributed by atoms with van der Waals surface area (Å²) in [6, 6.07) is 6.70. The van der Waals surface area contributed by atoms with E-state index in [0.717, 1.165) is 13.0 Å². The van der Waals surface area contributed by atoms with Crippen molar-refractivity contribution in [2.75, 3.05) is 26.9 Å². The van der Waals surface area contributed by atoms with Crippen LogP contribution in [0.2, 0.25) is 0 Å². The van der Waals surface area contributed by atoms with Crippen LogP contribution in [-0.4, -0.2) is 54.5 Å². The summed E-state index contributed by atoms with van der Waals surface area (Å²) in [6.45, 7) is 2.59. The number of unbranched alkanes of at least 4 members (excludes halogenated alkanes) is 5. The minimum Gasteiger partial charge on any atom is -0.462 e. The molecule has 0 bridgehead atoms. The molecule has 192 valence electrons. The number of halogens is 2. The van der Waals surface area contributed by atoms with Crippen molar-refractivity contribution in [3.8, 4) is 0 Å². The molecule has 1 aromatic heterocycles. The first kappa shape index (κ1) is 25.9. The Hall–Kier alpha value is -2.21. The summed E-state index contributed by atoms with van der Waals surface area (Å²) in [4.78, 5) is 15.2. The summed E-state index contributed by atoms with van der Waals surface area (Å²) in [6.07, 6.45) is 12.4. The number of carbonyl (C=O) groups is 1. The van der Waals surface area contributed by atoms with Crippen molar-refractivity contribution in [3.63, 3.8) is 0 Å². The number of hydrogen-bond acceptors (Lipinski definition) is 3. The summed E-state index contributed by atoms with van der Waals surface area (Å²) in [5.41, 5.74) is 5.01. The van der Waals surface area contributed by atoms with Crippen molar-refractivity contribution in [2.45, 2.75) is 83.4 Å². The largest absolute Gasteiger partial charge is 0.462 e. The third-order valence-electron chi connectivity index (χ3n) is 7.67. The molecule has 0 amide bonds. The molecule has 0 N–H and O–H groups in total. The molecule has 0 fully saturated rings. The number of carbonyl (C=O) groups excluding carboxylic acids is 1. The van der Waals surface area contributed by atoms with Crippen molar-refractivity contribution in [3.05, 3.63) is 41.6 Å². The molecule has 1 aliphatic heterocycles. The molecular weight excluding hydrogens is 446 g/mol. The van der Waals surface area contributed by atoms with E-state index in [0.29, 0.717) is 6.54 Å². The minimum atomic E-state index is -0.698. The molecular formula is C29H40F2N2O2. The first-order valence-corrected chi connectivity index (χ1v) is 13.4. The average molecular weight is 487 g/mol. The van der Waals surface area contributed by atoms with Gasteiger partial charge in [0.25, 0.3) is 0 Å². The van der Waals surface area contributed by atoms with Crippen LogP contribution in [0.4, 0.5) is 8.78 Å². The molecule has 4 nitrogen and oxygen atoms in total. The van der Waals surface area contributed by atoms with Crippen LogP contribution >= 0.6 is 0 Å². The second kappa shape index (κ2) is 12.2. The Balaban J connectivity index is 1.54. The van der Waals surface area contributed by atoms with E-state index in [-0.39, 0.29) is 24.9 Å². The molecule has 2 atom stereocenters. The van der Waals surface area contributed by atoms with Gasteiger partial charge < -0.3 is 9.30 Å². The Morgan fingerprint density at radius 3 is 2.60 bits per heavy atom. The molecule has 4 rings (SSSR count). The van der Waals surface area contributed by atoms with Gasteiger partial charge in [0.05, 0.1) is 19.3 Å². The lowest BCUT2D eigenvalue weighted by atomic mass is 9.80. The number of likely N-dealkylation sites (N-methyl/N-ethyl adjacent to an activating group) is 1. The van der Waals surface area contributed by atoms with Gasteiger partial charge in [0.2, 0.25) is 0 Å². The Morgan fingerprint density at radius 1 is 1.11 bits per heavy atom. The van der Waals surface area contributed by atoms with Gasteiger partial charge in [-0.1, -0.05) is 57.2 Å². The number of fused-ring (bicyclic) bond motifs is 2. The molecule has 0 spiro atoms. The number of rotatable bonds is 13. The van der Waals surface area contributed by atoms with Crippen LogP contribution in [0.3, 0.4) is 0 Å². The van der Waals surface area contributed by atoms with E-state index in [4.69, 9.17) is 4.74 Å². The fourth-order valence-corrected chi connectivity index (χ4v) is 5.78. The molecule has 0 unspecified atom stereocenters. The van der Waals surface area contributed by atoms with Crippen LogP contribution in [0.15, 0.2) is 30.5 Å². The lowest BCUT2D eigenvalue weighted by Crippen LogP contribution is -2.45. The fraction of sp³-hybridized carbons (Fsp3) is 0.621. The van der Waals surface area contributed by atoms with E-state index in [1.165, 1.54) is 66.1 Å². The molecule has 2 aromatic rings. The van der Waals surface area contributed by atoms with Gasteiger partial charge in [-0.25, -0.2) is 0 Å². The molecule has 6 heteroatoms. The van der Waals surface area contributed by atoms with Gasteiger partial charge in [-0.05, 0) is 42.7 Å². The van der Waals surface area contributed by atoms with E-state index in [2.05, 4.69) is 53.9 Å². The number of alkyl halides is 2. The predicted octanol–water partition coefficient (Wildman–Crippen LogP) is 6.50. The lowest BCUT2D eigenvalue weighted by molar-refractivity contribution is -0.154. The number of hydrogen-bond donors (Lipinski definition) is 0. The smallest absolute Gasteiger partial charge is 0.314 e. The van der Waals surface area contributed by atoms with Crippen LogP contribution in [-0.2, 0) is 22.5 Å². The molecule has 1 aliphatic carbocycles. The topological polar surface area (TPSA) is 34.5 Å². The Morgan fingerprint density at radius 2 is 1.86 bits per heavy atom. The number of aromatic nitrogens is 1. The maximum absolute atomic E-state index is 12.9. The van der Waals surface area contributed by atoms with E-state index in [1.807, 2.05) is 0 Å². The first-order chi connectivity index (χ1) is 17.1. The summed E-state index contributed by atoms with van der Waals surface area (Å²) in [5, 5.41) is 1.30. The van der Waals surface area contributed by atoms with E-state index in [1.54, 1.807) is 0 Å². The number of esters is 1. The minimum absolute atomic E-state index is 0.0478. The third kappa shape index (κ3) is 5.79. The quantitative estimate of drug-likeness (QED) is 0.239. The van der Waals surface area contributed by atoms with Crippen LogP contribution in [0.1, 0.15) is 69.4 Å². The summed E-state index contributed by atoms with van der Waals surface area (Å²) < 4.78 is 33.6. The SMILES string of the molecule is CCCCCCCCn1cc2c3c(cccc31)C1=C[C@@H](C(=O)OC(CCF)CCF)CN(C)[C@@H]1C2. The van der Waals surface area contributed by atoms with Crippen molar-refractivity contribution in [1.82, 2.24) is 9.47 Å². The highest BCUT2D eigenvalue weighted by atomic mass is 19.1. The molecule has 0 saturated heterocycles. The van der Waals surface area contributed by atoms with Gasteiger partial charge in [0.1, 0.15) is 6.10 Å². The Kier molecular flexibility index (Phi) is 8.99. The number of aryl methyl sites for hydroxylation is 1. The monoisotopic (exact) mass is 486 g/mol. The maximum atomic E-state index is 12.9. The standard InChI is InChI=1S/C29H40F2N2O2/c1-3-4-5-6-7-8-16-33-20-21-18-27-25(24-10-9-11-26(33)28(21)24)17-22(19-32(27)2)29(34)35-23(12-14-30)13-15-31/h9-11,17,20,22-23,27H,3-8,12-16,18-19H2,1-2H3/t22-,27-/m1/s1. The van der Waals surface area contributed by atoms with E-state index >= 15 is 0 Å². The van der Waals surface area contributed by atoms with Gasteiger partial charge in [-0.2, -0.15) is 0 Å². The Labute approximate surface area is 208 Å². The van der Waals surface area contributed by atoms with Crippen molar-refractivity contribution >= 4 is 22.4 Å². The highest BCUT2D eigenvalue weighted by Crippen LogP contribution is 2.42. The van der Waals surface area contributed by atoms with E-state index in [9.17, 15) is 13.6 Å². The van der Waals surface area contributed by atoms with Crippen LogP contribution in [0.5, 0.6) is 0 Å². The predicted molar refractivity (Wildman–Crippen MR) is 138 cm³/mol. The number of benzene rings is 1.